The van der Waals surface area contributed by atoms with E-state index >= 15 is 0 Å². The topological polar surface area (TPSA) is 0 Å². The second-order valence-electron chi connectivity index (χ2n) is 1.40. The van der Waals surface area contributed by atoms with E-state index in [4.69, 9.17) is 0 Å². The third-order valence-corrected chi connectivity index (χ3v) is 0.908. The summed E-state index contributed by atoms with van der Waals surface area (Å²) in [6, 6.07) is 0. The summed E-state index contributed by atoms with van der Waals surface area (Å²) in [5.41, 5.74) is 0. The minimum atomic E-state index is 0. The molecule has 0 aromatic rings. The fraction of sp³-hybridized carbons (Fsp3) is 0.600. The predicted octanol–water partition coefficient (Wildman–Crippen LogP) is 1.35. The normalized spacial score (nSPS) is 17.3. The second-order valence-corrected chi connectivity index (χ2v) is 1.40. The monoisotopic (exact) mass is 91.1 g/mol. The number of hydrogen-bond acceptors (Lipinski definition) is 0. The first-order valence-corrected chi connectivity index (χ1v) is 2.15. The Morgan fingerprint density at radius 1 is 1.00 bits per heavy atom. The molecule has 0 fully saturated rings. The summed E-state index contributed by atoms with van der Waals surface area (Å²) in [5.74, 6) is 0. The summed E-state index contributed by atoms with van der Waals surface area (Å²) in [6.45, 7) is 0. The van der Waals surface area contributed by atoms with Gasteiger partial charge in [-0.3, -0.25) is 0 Å². The van der Waals surface area contributed by atoms with Crippen LogP contribution in [0, 0.1) is 0 Å². The van der Waals surface area contributed by atoms with Gasteiger partial charge in [0.1, 0.15) is 0 Å². The van der Waals surface area contributed by atoms with Gasteiger partial charge in [-0.1, -0.05) is 12.2 Å². The van der Waals surface area contributed by atoms with E-state index in [2.05, 4.69) is 12.2 Å². The van der Waals surface area contributed by atoms with Crippen LogP contribution in [0.1, 0.15) is 19.3 Å². The summed E-state index contributed by atoms with van der Waals surface area (Å²) in [7, 11) is 0. The molecule has 0 spiro atoms. The van der Waals surface area contributed by atoms with Gasteiger partial charge in [-0.05, 0) is 19.3 Å². The fourth-order valence-electron chi connectivity index (χ4n) is 0.589. The van der Waals surface area contributed by atoms with Crippen molar-refractivity contribution in [3.05, 3.63) is 12.2 Å². The molecular weight excluding hydrogens is 83.0 g/mol. The third-order valence-electron chi connectivity index (χ3n) is 0.908. The van der Waals surface area contributed by atoms with Gasteiger partial charge in [-0.15, -0.1) is 0 Å². The maximum Gasteiger partial charge on any atom is 0 e. The molecule has 0 saturated carbocycles. The Kier molecular flexibility index (Phi) is 4.40. The largest absolute Gasteiger partial charge is 0.0885 e. The number of allylic oxidation sites excluding steroid dienone is 2. The Morgan fingerprint density at radius 2 is 1.50 bits per heavy atom. The third kappa shape index (κ3) is 2.01. The zero-order valence-corrected chi connectivity index (χ0v) is 6.28. The maximum absolute atomic E-state index is 2.24. The number of hydrogen-bond donors (Lipinski definition) is 0. The van der Waals surface area contributed by atoms with Gasteiger partial charge in [0.2, 0.25) is 0 Å². The smallest absolute Gasteiger partial charge is 0 e. The van der Waals surface area contributed by atoms with Crippen LogP contribution in [0.5, 0.6) is 0 Å². The van der Waals surface area contributed by atoms with E-state index in [-0.39, 0.29) is 29.6 Å². The molecular formula is C5H8Na. The summed E-state index contributed by atoms with van der Waals surface area (Å²) in [5, 5.41) is 0. The Morgan fingerprint density at radius 3 is 1.67 bits per heavy atom. The van der Waals surface area contributed by atoms with Crippen molar-refractivity contribution in [3.63, 3.8) is 0 Å². The molecule has 0 nitrogen and oxygen atoms in total. The molecule has 0 bridgehead atoms. The van der Waals surface area contributed by atoms with Crippen molar-refractivity contribution in [2.24, 2.45) is 0 Å². The first-order valence-electron chi connectivity index (χ1n) is 2.15. The molecule has 0 aromatic heterocycles. The molecule has 6 heavy (non-hydrogen) atoms. The summed E-state index contributed by atoms with van der Waals surface area (Å²) in [6.07, 6.45) is 8.50. The van der Waals surface area contributed by atoms with E-state index in [1.165, 1.54) is 19.3 Å². The minimum absolute atomic E-state index is 0. The van der Waals surface area contributed by atoms with E-state index in [0.717, 1.165) is 0 Å². The molecule has 1 radical (unpaired) electrons. The summed E-state index contributed by atoms with van der Waals surface area (Å²) in [4.78, 5) is 0. The molecule has 0 heterocycles. The maximum atomic E-state index is 2.24. The van der Waals surface area contributed by atoms with Gasteiger partial charge in [-0.2, -0.15) is 0 Å². The molecule has 29 valence electrons. The van der Waals surface area contributed by atoms with E-state index < -0.39 is 0 Å². The Hall–Kier alpha value is 0.740. The van der Waals surface area contributed by atoms with E-state index in [9.17, 15) is 0 Å². The quantitative estimate of drug-likeness (QED) is 0.312. The molecule has 0 aliphatic heterocycles. The fourth-order valence-corrected chi connectivity index (χ4v) is 0.589. The van der Waals surface area contributed by atoms with Crippen LogP contribution in [-0.2, 0) is 0 Å². The Bertz CT molecular complexity index is 41.9. The van der Waals surface area contributed by atoms with Crippen molar-refractivity contribution in [3.8, 4) is 0 Å². The minimum Gasteiger partial charge on any atom is -0.0885 e. The molecule has 1 rings (SSSR count). The van der Waals surface area contributed by atoms with Crippen molar-refractivity contribution >= 4 is 29.6 Å². The summed E-state index contributed by atoms with van der Waals surface area (Å²) < 4.78 is 0. The first kappa shape index (κ1) is 6.74. The van der Waals surface area contributed by atoms with Crippen LogP contribution in [0.2, 0.25) is 0 Å². The van der Waals surface area contributed by atoms with Gasteiger partial charge >= 0.3 is 0 Å². The van der Waals surface area contributed by atoms with E-state index in [1.807, 2.05) is 0 Å². The molecule has 0 amide bonds. The summed E-state index contributed by atoms with van der Waals surface area (Å²) >= 11 is 0. The average molecular weight is 91.1 g/mol. The zero-order chi connectivity index (χ0) is 3.54. The van der Waals surface area contributed by atoms with Crippen molar-refractivity contribution in [1.82, 2.24) is 0 Å². The van der Waals surface area contributed by atoms with Gasteiger partial charge in [0.25, 0.3) is 0 Å². The predicted molar refractivity (Wildman–Crippen MR) is 28.7 cm³/mol. The van der Waals surface area contributed by atoms with Crippen LogP contribution in [0.15, 0.2) is 12.2 Å². The molecule has 1 aliphatic rings. The SMILES string of the molecule is C1=CCCC1.[Na]. The van der Waals surface area contributed by atoms with Gasteiger partial charge < -0.3 is 0 Å². The van der Waals surface area contributed by atoms with Crippen molar-refractivity contribution in [1.29, 1.82) is 0 Å². The van der Waals surface area contributed by atoms with Crippen LogP contribution >= 0.6 is 0 Å². The van der Waals surface area contributed by atoms with Gasteiger partial charge in [-0.25, -0.2) is 0 Å². The average Bonchev–Trinajstić information content (AvgIpc) is 1.76. The first-order chi connectivity index (χ1) is 2.50. The van der Waals surface area contributed by atoms with Crippen LogP contribution in [0.4, 0.5) is 0 Å². The molecule has 0 N–H and O–H groups in total. The van der Waals surface area contributed by atoms with Crippen molar-refractivity contribution in [2.45, 2.75) is 19.3 Å². The molecule has 0 unspecified atom stereocenters. The molecule has 0 aromatic carbocycles. The van der Waals surface area contributed by atoms with Gasteiger partial charge in [0.05, 0.1) is 0 Å². The van der Waals surface area contributed by atoms with Gasteiger partial charge in [0.15, 0.2) is 0 Å². The molecule has 1 heteroatoms. The number of rotatable bonds is 0. The standard InChI is InChI=1S/C5H8.Na/c1-2-4-5-3-1;/h1-2H,3-5H2;. The molecule has 0 atom stereocenters. The van der Waals surface area contributed by atoms with E-state index in [0.29, 0.717) is 0 Å². The molecule has 1 aliphatic carbocycles. The van der Waals surface area contributed by atoms with Crippen LogP contribution < -0.4 is 0 Å². The van der Waals surface area contributed by atoms with Crippen LogP contribution in [0.25, 0.3) is 0 Å². The Labute approximate surface area is 60.9 Å². The molecule has 0 saturated heterocycles. The van der Waals surface area contributed by atoms with Crippen molar-refractivity contribution in [2.75, 3.05) is 0 Å². The van der Waals surface area contributed by atoms with E-state index in [1.54, 1.807) is 0 Å². The van der Waals surface area contributed by atoms with Gasteiger partial charge in [0, 0.05) is 29.6 Å². The van der Waals surface area contributed by atoms with Crippen molar-refractivity contribution < 1.29 is 0 Å². The second kappa shape index (κ2) is 3.91. The Balaban J connectivity index is 0.000000250. The van der Waals surface area contributed by atoms with Crippen LogP contribution in [0.3, 0.4) is 0 Å². The zero-order valence-electron chi connectivity index (χ0n) is 4.28. The van der Waals surface area contributed by atoms with Crippen LogP contribution in [-0.4, -0.2) is 29.6 Å².